The zero-order valence-corrected chi connectivity index (χ0v) is 9.20. The van der Waals surface area contributed by atoms with Gasteiger partial charge in [0, 0.05) is 31.1 Å². The standard InChI is InChI=1S/C12H14N4/c1-8-2-4-13-6-9(8)11-12-10(3-5-14-11)15-7-16-12/h2,4,6-7,11,14H,3,5H2,1H3,(H,15,16). The molecule has 1 aliphatic rings. The molecular formula is C12H14N4. The molecule has 0 aliphatic carbocycles. The van der Waals surface area contributed by atoms with Crippen LogP contribution in [0.3, 0.4) is 0 Å². The number of pyridine rings is 1. The molecule has 2 aromatic heterocycles. The van der Waals surface area contributed by atoms with Gasteiger partial charge in [-0.25, -0.2) is 4.98 Å². The molecule has 1 aliphatic heterocycles. The van der Waals surface area contributed by atoms with Gasteiger partial charge in [-0.05, 0) is 24.1 Å². The van der Waals surface area contributed by atoms with Gasteiger partial charge >= 0.3 is 0 Å². The maximum atomic E-state index is 4.41. The van der Waals surface area contributed by atoms with Crippen LogP contribution in [0.15, 0.2) is 24.8 Å². The molecule has 0 radical (unpaired) electrons. The van der Waals surface area contributed by atoms with Crippen molar-refractivity contribution in [2.24, 2.45) is 0 Å². The fraction of sp³-hybridized carbons (Fsp3) is 0.333. The zero-order chi connectivity index (χ0) is 11.0. The van der Waals surface area contributed by atoms with Crippen LogP contribution < -0.4 is 5.32 Å². The Kier molecular flexibility index (Phi) is 2.22. The predicted octanol–water partition coefficient (Wildman–Crippen LogP) is 1.35. The topological polar surface area (TPSA) is 53.6 Å². The second kappa shape index (κ2) is 3.72. The van der Waals surface area contributed by atoms with Crippen molar-refractivity contribution in [2.45, 2.75) is 19.4 Å². The molecule has 2 N–H and O–H groups in total. The number of H-pyrrole nitrogens is 1. The smallest absolute Gasteiger partial charge is 0.0926 e. The molecular weight excluding hydrogens is 200 g/mol. The Balaban J connectivity index is 2.08. The fourth-order valence-electron chi connectivity index (χ4n) is 2.25. The fourth-order valence-corrected chi connectivity index (χ4v) is 2.25. The van der Waals surface area contributed by atoms with Gasteiger partial charge in [-0.2, -0.15) is 0 Å². The molecule has 0 amide bonds. The van der Waals surface area contributed by atoms with Crippen LogP contribution in [0.2, 0.25) is 0 Å². The lowest BCUT2D eigenvalue weighted by atomic mass is 9.96. The summed E-state index contributed by atoms with van der Waals surface area (Å²) in [5.74, 6) is 0. The summed E-state index contributed by atoms with van der Waals surface area (Å²) >= 11 is 0. The molecule has 16 heavy (non-hydrogen) atoms. The highest BCUT2D eigenvalue weighted by atomic mass is 15.0. The number of aromatic nitrogens is 3. The number of hydrogen-bond donors (Lipinski definition) is 2. The first-order valence-electron chi connectivity index (χ1n) is 5.52. The molecule has 0 spiro atoms. The van der Waals surface area contributed by atoms with Crippen LogP contribution in [0.1, 0.15) is 28.6 Å². The first kappa shape index (κ1) is 9.54. The Morgan fingerprint density at radius 3 is 3.25 bits per heavy atom. The van der Waals surface area contributed by atoms with Gasteiger partial charge in [0.2, 0.25) is 0 Å². The third-order valence-corrected chi connectivity index (χ3v) is 3.14. The maximum absolute atomic E-state index is 4.41. The van der Waals surface area contributed by atoms with Crippen LogP contribution in [-0.4, -0.2) is 21.5 Å². The summed E-state index contributed by atoms with van der Waals surface area (Å²) in [7, 11) is 0. The summed E-state index contributed by atoms with van der Waals surface area (Å²) in [5.41, 5.74) is 4.83. The molecule has 4 nitrogen and oxygen atoms in total. The minimum Gasteiger partial charge on any atom is -0.348 e. The van der Waals surface area contributed by atoms with Crippen molar-refractivity contribution < 1.29 is 0 Å². The van der Waals surface area contributed by atoms with E-state index in [0.29, 0.717) is 0 Å². The zero-order valence-electron chi connectivity index (χ0n) is 9.20. The maximum Gasteiger partial charge on any atom is 0.0926 e. The van der Waals surface area contributed by atoms with Gasteiger partial charge in [0.1, 0.15) is 0 Å². The molecule has 4 heteroatoms. The van der Waals surface area contributed by atoms with Crippen molar-refractivity contribution in [1.82, 2.24) is 20.3 Å². The SMILES string of the molecule is Cc1ccncc1C1NCCc2[nH]cnc21. The van der Waals surface area contributed by atoms with Crippen LogP contribution in [0.25, 0.3) is 0 Å². The highest BCUT2D eigenvalue weighted by molar-refractivity contribution is 5.35. The summed E-state index contributed by atoms with van der Waals surface area (Å²) in [5, 5.41) is 3.50. The molecule has 0 bridgehead atoms. The molecule has 82 valence electrons. The molecule has 0 saturated carbocycles. The van der Waals surface area contributed by atoms with Crippen molar-refractivity contribution in [3.05, 3.63) is 47.3 Å². The van der Waals surface area contributed by atoms with E-state index in [4.69, 9.17) is 0 Å². The summed E-state index contributed by atoms with van der Waals surface area (Å²) in [4.78, 5) is 11.8. The number of nitrogens with zero attached hydrogens (tertiary/aromatic N) is 2. The van der Waals surface area contributed by atoms with E-state index in [1.54, 1.807) is 6.33 Å². The monoisotopic (exact) mass is 214 g/mol. The number of rotatable bonds is 1. The minimum absolute atomic E-state index is 0.184. The Labute approximate surface area is 94.1 Å². The second-order valence-electron chi connectivity index (χ2n) is 4.14. The van der Waals surface area contributed by atoms with Crippen molar-refractivity contribution >= 4 is 0 Å². The third-order valence-electron chi connectivity index (χ3n) is 3.14. The summed E-state index contributed by atoms with van der Waals surface area (Å²) < 4.78 is 0. The second-order valence-corrected chi connectivity index (χ2v) is 4.14. The van der Waals surface area contributed by atoms with Gasteiger partial charge in [-0.15, -0.1) is 0 Å². The largest absolute Gasteiger partial charge is 0.348 e. The van der Waals surface area contributed by atoms with E-state index >= 15 is 0 Å². The van der Waals surface area contributed by atoms with E-state index in [-0.39, 0.29) is 6.04 Å². The van der Waals surface area contributed by atoms with Crippen LogP contribution in [-0.2, 0) is 6.42 Å². The summed E-state index contributed by atoms with van der Waals surface area (Å²) in [6.07, 6.45) is 6.55. The number of nitrogens with one attached hydrogen (secondary N) is 2. The molecule has 1 atom stereocenters. The van der Waals surface area contributed by atoms with E-state index in [1.165, 1.54) is 16.8 Å². The first-order chi connectivity index (χ1) is 7.86. The quantitative estimate of drug-likeness (QED) is 0.753. The molecule has 0 fully saturated rings. The van der Waals surface area contributed by atoms with Gasteiger partial charge in [0.25, 0.3) is 0 Å². The van der Waals surface area contributed by atoms with Crippen LogP contribution in [0.4, 0.5) is 0 Å². The van der Waals surface area contributed by atoms with Crippen molar-refractivity contribution in [3.63, 3.8) is 0 Å². The van der Waals surface area contributed by atoms with Gasteiger partial charge in [0.05, 0.1) is 18.1 Å². The van der Waals surface area contributed by atoms with E-state index in [2.05, 4.69) is 27.2 Å². The van der Waals surface area contributed by atoms with E-state index in [9.17, 15) is 0 Å². The van der Waals surface area contributed by atoms with Gasteiger partial charge in [0.15, 0.2) is 0 Å². The molecule has 1 unspecified atom stereocenters. The van der Waals surface area contributed by atoms with Gasteiger partial charge < -0.3 is 10.3 Å². The third kappa shape index (κ3) is 1.42. The van der Waals surface area contributed by atoms with Gasteiger partial charge in [-0.3, -0.25) is 4.98 Å². The predicted molar refractivity (Wildman–Crippen MR) is 61.1 cm³/mol. The van der Waals surface area contributed by atoms with E-state index in [1.807, 2.05) is 18.5 Å². The Morgan fingerprint density at radius 2 is 2.38 bits per heavy atom. The first-order valence-corrected chi connectivity index (χ1v) is 5.52. The lowest BCUT2D eigenvalue weighted by Crippen LogP contribution is -2.31. The lowest BCUT2D eigenvalue weighted by Gasteiger charge is -2.24. The normalized spacial score (nSPS) is 19.4. The Hall–Kier alpha value is -1.68. The van der Waals surface area contributed by atoms with Crippen molar-refractivity contribution in [2.75, 3.05) is 6.54 Å². The van der Waals surface area contributed by atoms with Crippen molar-refractivity contribution in [1.29, 1.82) is 0 Å². The minimum atomic E-state index is 0.184. The number of imidazole rings is 1. The number of aromatic amines is 1. The highest BCUT2D eigenvalue weighted by Gasteiger charge is 2.24. The van der Waals surface area contributed by atoms with Crippen LogP contribution >= 0.6 is 0 Å². The lowest BCUT2D eigenvalue weighted by molar-refractivity contribution is 0.550. The summed E-state index contributed by atoms with van der Waals surface area (Å²) in [6.45, 7) is 3.09. The number of fused-ring (bicyclic) bond motifs is 1. The Morgan fingerprint density at radius 1 is 1.44 bits per heavy atom. The Bertz CT molecular complexity index is 503. The average molecular weight is 214 g/mol. The summed E-state index contributed by atoms with van der Waals surface area (Å²) in [6, 6.07) is 2.22. The van der Waals surface area contributed by atoms with Crippen LogP contribution in [0, 0.1) is 6.92 Å². The molecule has 0 aromatic carbocycles. The molecule has 3 rings (SSSR count). The van der Waals surface area contributed by atoms with E-state index < -0.39 is 0 Å². The average Bonchev–Trinajstić information content (AvgIpc) is 2.77. The number of aryl methyl sites for hydroxylation is 1. The molecule has 2 aromatic rings. The number of hydrogen-bond acceptors (Lipinski definition) is 3. The highest BCUT2D eigenvalue weighted by Crippen LogP contribution is 2.27. The molecule has 0 saturated heterocycles. The van der Waals surface area contributed by atoms with Crippen molar-refractivity contribution in [3.8, 4) is 0 Å². The van der Waals surface area contributed by atoms with Gasteiger partial charge in [-0.1, -0.05) is 0 Å². The molecule has 3 heterocycles. The van der Waals surface area contributed by atoms with Crippen LogP contribution in [0.5, 0.6) is 0 Å². The van der Waals surface area contributed by atoms with E-state index in [0.717, 1.165) is 18.7 Å².